The third-order valence-electron chi connectivity index (χ3n) is 4.79. The van der Waals surface area contributed by atoms with Crippen LogP contribution in [-0.4, -0.2) is 21.3 Å². The van der Waals surface area contributed by atoms with Crippen molar-refractivity contribution in [1.82, 2.24) is 0 Å². The van der Waals surface area contributed by atoms with E-state index in [2.05, 4.69) is 4.72 Å². The van der Waals surface area contributed by atoms with Crippen LogP contribution >= 0.6 is 0 Å². The van der Waals surface area contributed by atoms with Crippen LogP contribution in [0.1, 0.15) is 21.7 Å². The minimum absolute atomic E-state index is 0.00241. The van der Waals surface area contributed by atoms with Gasteiger partial charge in [0.2, 0.25) is 5.78 Å². The van der Waals surface area contributed by atoms with E-state index in [1.54, 1.807) is 48.5 Å². The molecule has 4 rings (SSSR count). The Hall–Kier alpha value is -3.65. The fourth-order valence-corrected chi connectivity index (χ4v) is 4.25. The number of rotatable bonds is 6. The van der Waals surface area contributed by atoms with Crippen LogP contribution in [0.4, 0.5) is 10.1 Å². The highest BCUT2D eigenvalue weighted by Gasteiger charge is 2.26. The predicted octanol–water partition coefficient (Wildman–Crippen LogP) is 4.92. The summed E-state index contributed by atoms with van der Waals surface area (Å²) >= 11 is 0. The van der Waals surface area contributed by atoms with Crippen molar-refractivity contribution in [3.63, 3.8) is 0 Å². The van der Waals surface area contributed by atoms with E-state index in [1.165, 1.54) is 19.2 Å². The van der Waals surface area contributed by atoms with Gasteiger partial charge in [-0.25, -0.2) is 12.8 Å². The van der Waals surface area contributed by atoms with Crippen LogP contribution in [0.15, 0.2) is 76.0 Å². The molecule has 1 heterocycles. The summed E-state index contributed by atoms with van der Waals surface area (Å²) in [7, 11) is -2.94. The molecule has 0 fully saturated rings. The molecule has 31 heavy (non-hydrogen) atoms. The lowest BCUT2D eigenvalue weighted by atomic mass is 10.1. The molecule has 0 aliphatic carbocycles. The Morgan fingerprint density at radius 1 is 1.03 bits per heavy atom. The number of methoxy groups -OCH3 is 1. The molecule has 8 heteroatoms. The van der Waals surface area contributed by atoms with Gasteiger partial charge in [0.1, 0.15) is 11.3 Å². The van der Waals surface area contributed by atoms with Crippen LogP contribution in [0.2, 0.25) is 0 Å². The Balaban J connectivity index is 1.81. The third-order valence-corrected chi connectivity index (χ3v) is 6.13. The summed E-state index contributed by atoms with van der Waals surface area (Å²) in [5.74, 6) is -1.53. The van der Waals surface area contributed by atoms with E-state index in [-0.39, 0.29) is 22.1 Å². The lowest BCUT2D eigenvalue weighted by molar-refractivity contribution is 0.101. The molecule has 0 saturated carbocycles. The number of anilines is 1. The van der Waals surface area contributed by atoms with Gasteiger partial charge in [-0.05, 0) is 37.3 Å². The average molecular weight is 439 g/mol. The zero-order valence-electron chi connectivity index (χ0n) is 16.7. The van der Waals surface area contributed by atoms with Gasteiger partial charge in [-0.1, -0.05) is 42.0 Å². The summed E-state index contributed by atoms with van der Waals surface area (Å²) in [6, 6.07) is 16.8. The number of ketones is 1. The molecule has 0 atom stereocenters. The number of hydrogen-bond donors (Lipinski definition) is 1. The number of ether oxygens (including phenoxy) is 1. The number of halogens is 1. The number of carbonyl (C=O) groups is 1. The van der Waals surface area contributed by atoms with Crippen molar-refractivity contribution in [1.29, 1.82) is 0 Å². The maximum Gasteiger partial charge on any atom is 0.262 e. The highest BCUT2D eigenvalue weighted by molar-refractivity contribution is 7.92. The number of furan rings is 1. The van der Waals surface area contributed by atoms with Crippen LogP contribution in [0.5, 0.6) is 5.75 Å². The topological polar surface area (TPSA) is 85.6 Å². The van der Waals surface area contributed by atoms with Crippen LogP contribution in [0, 0.1) is 12.7 Å². The number of benzene rings is 3. The number of para-hydroxylation sites is 1. The summed E-state index contributed by atoms with van der Waals surface area (Å²) in [4.78, 5) is 12.8. The first kappa shape index (κ1) is 20.6. The largest absolute Gasteiger partial charge is 0.494 e. The van der Waals surface area contributed by atoms with Crippen molar-refractivity contribution >= 4 is 32.5 Å². The van der Waals surface area contributed by atoms with Gasteiger partial charge in [0.05, 0.1) is 12.0 Å². The molecule has 1 aromatic heterocycles. The van der Waals surface area contributed by atoms with E-state index in [1.807, 2.05) is 6.92 Å². The van der Waals surface area contributed by atoms with Crippen molar-refractivity contribution in [2.75, 3.05) is 11.8 Å². The predicted molar refractivity (Wildman–Crippen MR) is 115 cm³/mol. The SMILES string of the molecule is COc1ccc(S(=O)(=O)Nc2c(C(=O)c3ccc(C)cc3)oc3ccccc23)cc1F. The second-order valence-corrected chi connectivity index (χ2v) is 8.58. The highest BCUT2D eigenvalue weighted by Crippen LogP contribution is 2.34. The van der Waals surface area contributed by atoms with Gasteiger partial charge in [0.25, 0.3) is 10.0 Å². The molecule has 158 valence electrons. The average Bonchev–Trinajstić information content (AvgIpc) is 3.11. The normalized spacial score (nSPS) is 11.5. The molecule has 0 saturated heterocycles. The number of hydrogen-bond acceptors (Lipinski definition) is 5. The van der Waals surface area contributed by atoms with Gasteiger partial charge < -0.3 is 9.15 Å². The van der Waals surface area contributed by atoms with E-state index < -0.39 is 21.6 Å². The van der Waals surface area contributed by atoms with E-state index in [0.29, 0.717) is 16.5 Å². The standard InChI is InChI=1S/C23H18FNO5S/c1-14-7-9-15(10-8-14)22(26)23-21(17-5-3-4-6-19(17)30-23)25-31(27,28)16-11-12-20(29-2)18(24)13-16/h3-13,25H,1-2H3. The maximum absolute atomic E-state index is 14.1. The summed E-state index contributed by atoms with van der Waals surface area (Å²) in [6.07, 6.45) is 0. The molecule has 6 nitrogen and oxygen atoms in total. The Bertz CT molecular complexity index is 1390. The van der Waals surface area contributed by atoms with E-state index in [4.69, 9.17) is 9.15 Å². The van der Waals surface area contributed by atoms with Crippen LogP contribution in [-0.2, 0) is 10.0 Å². The first-order chi connectivity index (χ1) is 14.8. The summed E-state index contributed by atoms with van der Waals surface area (Å²) < 4.78 is 53.0. The minimum atomic E-state index is -4.22. The molecular formula is C23H18FNO5S. The number of fused-ring (bicyclic) bond motifs is 1. The molecule has 0 spiro atoms. The Morgan fingerprint density at radius 2 is 1.74 bits per heavy atom. The first-order valence-electron chi connectivity index (χ1n) is 9.29. The van der Waals surface area contributed by atoms with Gasteiger partial charge >= 0.3 is 0 Å². The Kier molecular flexibility index (Phi) is 5.24. The quantitative estimate of drug-likeness (QED) is 0.431. The summed E-state index contributed by atoms with van der Waals surface area (Å²) in [5.41, 5.74) is 1.66. The monoisotopic (exact) mass is 439 g/mol. The molecule has 0 aliphatic heterocycles. The fraction of sp³-hybridized carbons (Fsp3) is 0.0870. The lowest BCUT2D eigenvalue weighted by Crippen LogP contribution is -2.15. The molecule has 4 aromatic rings. The number of nitrogens with one attached hydrogen (secondary N) is 1. The highest BCUT2D eigenvalue weighted by atomic mass is 32.2. The molecular weight excluding hydrogens is 421 g/mol. The van der Waals surface area contributed by atoms with Gasteiger partial charge in [-0.2, -0.15) is 0 Å². The van der Waals surface area contributed by atoms with Gasteiger partial charge in [-0.3, -0.25) is 9.52 Å². The van der Waals surface area contributed by atoms with Crippen molar-refractivity contribution < 1.29 is 26.8 Å². The second kappa shape index (κ2) is 7.88. The van der Waals surface area contributed by atoms with Crippen LogP contribution in [0.25, 0.3) is 11.0 Å². The molecule has 0 bridgehead atoms. The van der Waals surface area contributed by atoms with Gasteiger partial charge in [-0.15, -0.1) is 0 Å². The van der Waals surface area contributed by atoms with Gasteiger partial charge in [0.15, 0.2) is 17.3 Å². The molecule has 3 aromatic carbocycles. The van der Waals surface area contributed by atoms with Crippen molar-refractivity contribution in [3.8, 4) is 5.75 Å². The number of carbonyl (C=O) groups excluding carboxylic acids is 1. The maximum atomic E-state index is 14.1. The van der Waals surface area contributed by atoms with E-state index in [0.717, 1.165) is 11.6 Å². The Labute approximate surface area is 178 Å². The smallest absolute Gasteiger partial charge is 0.262 e. The number of sulfonamides is 1. The molecule has 0 radical (unpaired) electrons. The lowest BCUT2D eigenvalue weighted by Gasteiger charge is -2.10. The third kappa shape index (κ3) is 3.89. The molecule has 1 N–H and O–H groups in total. The van der Waals surface area contributed by atoms with Crippen molar-refractivity contribution in [2.45, 2.75) is 11.8 Å². The number of aryl methyl sites for hydroxylation is 1. The second-order valence-electron chi connectivity index (χ2n) is 6.90. The summed E-state index contributed by atoms with van der Waals surface area (Å²) in [6.45, 7) is 1.89. The van der Waals surface area contributed by atoms with E-state index >= 15 is 0 Å². The van der Waals surface area contributed by atoms with Crippen molar-refractivity contribution in [3.05, 3.63) is 89.4 Å². The van der Waals surface area contributed by atoms with Crippen molar-refractivity contribution in [2.24, 2.45) is 0 Å². The minimum Gasteiger partial charge on any atom is -0.494 e. The first-order valence-corrected chi connectivity index (χ1v) is 10.8. The van der Waals surface area contributed by atoms with Gasteiger partial charge in [0, 0.05) is 10.9 Å². The molecule has 0 amide bonds. The van der Waals surface area contributed by atoms with Crippen LogP contribution < -0.4 is 9.46 Å². The van der Waals surface area contributed by atoms with E-state index in [9.17, 15) is 17.6 Å². The Morgan fingerprint density at radius 3 is 2.42 bits per heavy atom. The summed E-state index contributed by atoms with van der Waals surface area (Å²) in [5, 5.41) is 0.413. The van der Waals surface area contributed by atoms with Crippen LogP contribution in [0.3, 0.4) is 0 Å². The molecule has 0 unspecified atom stereocenters. The zero-order valence-corrected chi connectivity index (χ0v) is 17.5. The molecule has 0 aliphatic rings. The fourth-order valence-electron chi connectivity index (χ4n) is 3.15. The zero-order chi connectivity index (χ0) is 22.2.